The van der Waals surface area contributed by atoms with E-state index in [1.165, 1.54) is 21.9 Å². The first-order valence-electron chi connectivity index (χ1n) is 14.8. The van der Waals surface area contributed by atoms with Crippen molar-refractivity contribution >= 4 is 49.7 Å². The predicted molar refractivity (Wildman–Crippen MR) is 187 cm³/mol. The largest absolute Gasteiger partial charge is 0.251 e. The maximum Gasteiger partial charge on any atom is 0.0936 e. The van der Waals surface area contributed by atoms with Crippen molar-refractivity contribution in [2.24, 2.45) is 0 Å². The van der Waals surface area contributed by atoms with Gasteiger partial charge in [0.1, 0.15) is 0 Å². The van der Waals surface area contributed by atoms with Crippen molar-refractivity contribution in [3.63, 3.8) is 0 Å². The van der Waals surface area contributed by atoms with Crippen LogP contribution in [-0.4, -0.2) is 20.3 Å². The maximum atomic E-state index is 5.32. The highest BCUT2D eigenvalue weighted by Crippen LogP contribution is 2.62. The number of pyridine rings is 2. The minimum Gasteiger partial charge on any atom is -0.251 e. The van der Waals surface area contributed by atoms with E-state index in [2.05, 4.69) is 160 Å². The van der Waals surface area contributed by atoms with E-state index in [-0.39, 0.29) is 10.3 Å². The standard InChI is InChI=1S/C38H40N2P2/c1-36(2,3)42(37(4,5)6)25-30-29-16-10-7-13-26(29)19-22-31(30)38(41,34-23-20-27-14-8-11-17-32(27)39-34)35-24-21-28-15-9-12-18-33(28)40-35/h7-24H,25,41H2,1-6H3. The molecule has 42 heavy (non-hydrogen) atoms. The van der Waals surface area contributed by atoms with Gasteiger partial charge in [0.2, 0.25) is 0 Å². The molecule has 0 spiro atoms. The highest BCUT2D eigenvalue weighted by Gasteiger charge is 2.40. The molecular weight excluding hydrogens is 546 g/mol. The Labute approximate surface area is 254 Å². The normalized spacial score (nSPS) is 13.0. The number of nitrogens with zero attached hydrogens (tertiary/aromatic N) is 2. The van der Waals surface area contributed by atoms with Crippen LogP contribution in [0.15, 0.2) is 109 Å². The van der Waals surface area contributed by atoms with Crippen LogP contribution in [0.2, 0.25) is 0 Å². The van der Waals surface area contributed by atoms with Gasteiger partial charge in [-0.3, -0.25) is 9.97 Å². The third kappa shape index (κ3) is 5.25. The summed E-state index contributed by atoms with van der Waals surface area (Å²) in [5.74, 6) is 0. The third-order valence-corrected chi connectivity index (χ3v) is 13.2. The van der Waals surface area contributed by atoms with E-state index in [0.29, 0.717) is 0 Å². The average molecular weight is 587 g/mol. The zero-order valence-electron chi connectivity index (χ0n) is 25.5. The van der Waals surface area contributed by atoms with Crippen LogP contribution in [-0.2, 0) is 11.3 Å². The Kier molecular flexibility index (Phi) is 7.45. The molecule has 0 aliphatic rings. The number of aromatic nitrogens is 2. The molecule has 6 rings (SSSR count). The number of para-hydroxylation sites is 2. The van der Waals surface area contributed by atoms with Gasteiger partial charge in [0, 0.05) is 10.8 Å². The number of fused-ring (bicyclic) bond motifs is 3. The topological polar surface area (TPSA) is 25.8 Å². The van der Waals surface area contributed by atoms with Crippen LogP contribution in [0.3, 0.4) is 0 Å². The van der Waals surface area contributed by atoms with Crippen LogP contribution in [0.5, 0.6) is 0 Å². The quantitative estimate of drug-likeness (QED) is 0.188. The minimum atomic E-state index is -0.649. The number of hydrogen-bond acceptors (Lipinski definition) is 2. The Morgan fingerprint density at radius 3 is 1.52 bits per heavy atom. The summed E-state index contributed by atoms with van der Waals surface area (Å²) >= 11 is 0. The summed E-state index contributed by atoms with van der Waals surface area (Å²) in [7, 11) is 2.85. The summed E-state index contributed by atoms with van der Waals surface area (Å²) in [6, 6.07) is 39.1. The maximum absolute atomic E-state index is 5.32. The first-order valence-corrected chi connectivity index (χ1v) is 16.9. The summed E-state index contributed by atoms with van der Waals surface area (Å²) in [6.07, 6.45) is 1.02. The van der Waals surface area contributed by atoms with Gasteiger partial charge in [-0.15, -0.1) is 9.24 Å². The lowest BCUT2D eigenvalue weighted by atomic mass is 9.84. The molecule has 0 aliphatic heterocycles. The molecule has 4 aromatic carbocycles. The predicted octanol–water partition coefficient (Wildman–Crippen LogP) is 10.7. The van der Waals surface area contributed by atoms with Gasteiger partial charge in [-0.25, -0.2) is 0 Å². The zero-order valence-corrected chi connectivity index (χ0v) is 27.6. The fourth-order valence-electron chi connectivity index (χ4n) is 6.49. The number of hydrogen-bond donors (Lipinski definition) is 0. The molecule has 1 atom stereocenters. The Hall–Kier alpha value is -3.18. The van der Waals surface area contributed by atoms with E-state index in [0.717, 1.165) is 39.4 Å². The van der Waals surface area contributed by atoms with Crippen LogP contribution < -0.4 is 0 Å². The number of rotatable bonds is 5. The lowest BCUT2D eigenvalue weighted by Crippen LogP contribution is -2.29. The molecule has 1 unspecified atom stereocenters. The summed E-state index contributed by atoms with van der Waals surface area (Å²) < 4.78 is 0. The first kappa shape index (κ1) is 28.9. The molecule has 0 N–H and O–H groups in total. The van der Waals surface area contributed by atoms with E-state index in [4.69, 9.17) is 9.97 Å². The van der Waals surface area contributed by atoms with Crippen molar-refractivity contribution in [3.05, 3.63) is 132 Å². The molecule has 6 aromatic rings. The van der Waals surface area contributed by atoms with Crippen molar-refractivity contribution in [1.82, 2.24) is 9.97 Å². The van der Waals surface area contributed by atoms with E-state index in [9.17, 15) is 0 Å². The highest BCUT2D eigenvalue weighted by molar-refractivity contribution is 7.60. The molecule has 0 saturated heterocycles. The van der Waals surface area contributed by atoms with E-state index in [1.807, 2.05) is 0 Å². The van der Waals surface area contributed by atoms with Crippen LogP contribution >= 0.6 is 17.2 Å². The molecule has 212 valence electrons. The minimum absolute atomic E-state index is 0.188. The molecule has 2 aromatic heterocycles. The molecule has 2 heterocycles. The van der Waals surface area contributed by atoms with Crippen molar-refractivity contribution in [2.75, 3.05) is 0 Å². The summed E-state index contributed by atoms with van der Waals surface area (Å²) in [5.41, 5.74) is 6.64. The molecule has 0 bridgehead atoms. The molecule has 0 radical (unpaired) electrons. The van der Waals surface area contributed by atoms with Gasteiger partial charge < -0.3 is 0 Å². The van der Waals surface area contributed by atoms with E-state index >= 15 is 0 Å². The van der Waals surface area contributed by atoms with Crippen molar-refractivity contribution < 1.29 is 0 Å². The molecular formula is C38H40N2P2. The zero-order chi connectivity index (χ0) is 29.7. The highest BCUT2D eigenvalue weighted by atomic mass is 31.1. The average Bonchev–Trinajstić information content (AvgIpc) is 2.97. The van der Waals surface area contributed by atoms with Crippen molar-refractivity contribution in [2.45, 2.75) is 63.2 Å². The number of benzene rings is 4. The molecule has 0 fully saturated rings. The van der Waals surface area contributed by atoms with Gasteiger partial charge in [-0.1, -0.05) is 134 Å². The Balaban J connectivity index is 1.69. The van der Waals surface area contributed by atoms with Gasteiger partial charge >= 0.3 is 0 Å². The Morgan fingerprint density at radius 1 is 0.548 bits per heavy atom. The van der Waals surface area contributed by atoms with Crippen LogP contribution in [0.25, 0.3) is 32.6 Å². The molecule has 0 saturated carbocycles. The van der Waals surface area contributed by atoms with Gasteiger partial charge in [0.25, 0.3) is 0 Å². The third-order valence-electron chi connectivity index (χ3n) is 8.41. The van der Waals surface area contributed by atoms with Gasteiger partial charge in [0.15, 0.2) is 0 Å². The van der Waals surface area contributed by atoms with Crippen LogP contribution in [0.4, 0.5) is 0 Å². The second-order valence-electron chi connectivity index (χ2n) is 13.3. The van der Waals surface area contributed by atoms with Crippen LogP contribution in [0, 0.1) is 0 Å². The van der Waals surface area contributed by atoms with Crippen molar-refractivity contribution in [3.8, 4) is 0 Å². The van der Waals surface area contributed by atoms with Gasteiger partial charge in [-0.05, 0) is 62.6 Å². The lowest BCUT2D eigenvalue weighted by molar-refractivity contribution is 0.702. The Morgan fingerprint density at radius 2 is 1.00 bits per heavy atom. The fourth-order valence-corrected chi connectivity index (χ4v) is 10.7. The molecule has 0 aliphatic carbocycles. The first-order chi connectivity index (χ1) is 20.0. The summed E-state index contributed by atoms with van der Waals surface area (Å²) in [6.45, 7) is 14.5. The molecule has 2 nitrogen and oxygen atoms in total. The van der Waals surface area contributed by atoms with Crippen LogP contribution in [0.1, 0.15) is 64.1 Å². The summed E-state index contributed by atoms with van der Waals surface area (Å²) in [4.78, 5) is 10.6. The van der Waals surface area contributed by atoms with Crippen molar-refractivity contribution in [1.29, 1.82) is 0 Å². The van der Waals surface area contributed by atoms with Gasteiger partial charge in [-0.2, -0.15) is 0 Å². The fraction of sp³-hybridized carbons (Fsp3) is 0.263. The lowest BCUT2D eigenvalue weighted by Gasteiger charge is -2.43. The van der Waals surface area contributed by atoms with Gasteiger partial charge in [0.05, 0.1) is 27.6 Å². The second kappa shape index (κ2) is 10.8. The monoisotopic (exact) mass is 586 g/mol. The van der Waals surface area contributed by atoms with E-state index < -0.39 is 13.1 Å². The summed E-state index contributed by atoms with van der Waals surface area (Å²) in [5, 5.41) is 4.61. The Bertz CT molecular complexity index is 1820. The molecule has 0 amide bonds. The molecule has 4 heteroatoms. The smallest absolute Gasteiger partial charge is 0.0936 e. The van der Waals surface area contributed by atoms with E-state index in [1.54, 1.807) is 0 Å². The second-order valence-corrected chi connectivity index (χ2v) is 18.0. The SMILES string of the molecule is CC(C)(C)P(Cc1c(C(P)(c2ccc3ccccc3n2)c2ccc3ccccc3n2)ccc2ccccc12)C(C)(C)C.